The molecular weight excluding hydrogens is 418 g/mol. The minimum Gasteiger partial charge on any atom is -0.494 e. The fourth-order valence-corrected chi connectivity index (χ4v) is 3.60. The summed E-state index contributed by atoms with van der Waals surface area (Å²) in [5.74, 6) is -2.27. The predicted molar refractivity (Wildman–Crippen MR) is 122 cm³/mol. The van der Waals surface area contributed by atoms with Gasteiger partial charge in [0.05, 0.1) is 24.2 Å². The van der Waals surface area contributed by atoms with Gasteiger partial charge in [-0.15, -0.1) is 0 Å². The van der Waals surface area contributed by atoms with Gasteiger partial charge in [-0.2, -0.15) is 0 Å². The van der Waals surface area contributed by atoms with E-state index in [1.807, 2.05) is 0 Å². The van der Waals surface area contributed by atoms with E-state index in [-0.39, 0.29) is 0 Å². The third kappa shape index (κ3) is 8.52. The van der Waals surface area contributed by atoms with E-state index in [1.165, 1.54) is 31.4 Å². The zero-order valence-corrected chi connectivity index (χ0v) is 19.2. The average Bonchev–Trinajstić information content (AvgIpc) is 2.78. The Balaban J connectivity index is 1.85. The van der Waals surface area contributed by atoms with Crippen molar-refractivity contribution >= 4 is 18.0 Å². The molecule has 0 radical (unpaired) electrons. The third-order valence-electron chi connectivity index (χ3n) is 4.99. The Kier molecular flexibility index (Phi) is 11.4. The van der Waals surface area contributed by atoms with Gasteiger partial charge in [-0.3, -0.25) is 0 Å². The highest BCUT2D eigenvalue weighted by Crippen LogP contribution is 2.26. The SMILES string of the molecule is CCCCCCCCc1ccc(C(=O)OSc2ccc(OCCCC)cc2)c(F)c1F. The summed E-state index contributed by atoms with van der Waals surface area (Å²) >= 11 is 0.808. The van der Waals surface area contributed by atoms with E-state index < -0.39 is 23.2 Å². The molecule has 0 heterocycles. The van der Waals surface area contributed by atoms with Crippen LogP contribution in [0.3, 0.4) is 0 Å². The number of carbonyl (C=O) groups is 1. The number of ether oxygens (including phenoxy) is 1. The minimum absolute atomic E-state index is 0.302. The minimum atomic E-state index is -1.14. The lowest BCUT2D eigenvalue weighted by atomic mass is 10.0. The van der Waals surface area contributed by atoms with Crippen LogP contribution in [0.1, 0.15) is 81.1 Å². The summed E-state index contributed by atoms with van der Waals surface area (Å²) in [5, 5.41) is 0. The fourth-order valence-electron chi connectivity index (χ4n) is 3.09. The first-order valence-corrected chi connectivity index (χ1v) is 11.9. The van der Waals surface area contributed by atoms with Crippen molar-refractivity contribution in [2.24, 2.45) is 0 Å². The number of halogens is 2. The molecule has 3 nitrogen and oxygen atoms in total. The van der Waals surface area contributed by atoms with Gasteiger partial charge in [0.1, 0.15) is 5.75 Å². The molecule has 0 aliphatic heterocycles. The molecule has 2 rings (SSSR count). The molecule has 0 amide bonds. The van der Waals surface area contributed by atoms with Crippen LogP contribution in [-0.2, 0) is 10.6 Å². The second-order valence-corrected chi connectivity index (χ2v) is 8.35. The molecule has 0 aromatic heterocycles. The highest BCUT2D eigenvalue weighted by atomic mass is 32.2. The topological polar surface area (TPSA) is 35.5 Å². The van der Waals surface area contributed by atoms with Crippen molar-refractivity contribution in [3.8, 4) is 5.75 Å². The highest BCUT2D eigenvalue weighted by Gasteiger charge is 2.20. The molecule has 2 aromatic carbocycles. The van der Waals surface area contributed by atoms with Gasteiger partial charge in [-0.05, 0) is 55.2 Å². The molecule has 0 saturated heterocycles. The van der Waals surface area contributed by atoms with Gasteiger partial charge in [0.2, 0.25) is 0 Å². The maximum atomic E-state index is 14.4. The summed E-state index contributed by atoms with van der Waals surface area (Å²) < 4.78 is 39.5. The van der Waals surface area contributed by atoms with Crippen LogP contribution < -0.4 is 4.74 Å². The van der Waals surface area contributed by atoms with E-state index >= 15 is 0 Å². The molecule has 0 saturated carbocycles. The van der Waals surface area contributed by atoms with E-state index in [0.29, 0.717) is 23.5 Å². The third-order valence-corrected chi connectivity index (χ3v) is 5.69. The molecule has 0 spiro atoms. The summed E-state index contributed by atoms with van der Waals surface area (Å²) in [7, 11) is 0. The Hall–Kier alpha value is -2.08. The lowest BCUT2D eigenvalue weighted by Gasteiger charge is -2.09. The zero-order chi connectivity index (χ0) is 22.5. The quantitative estimate of drug-likeness (QED) is 0.216. The van der Waals surface area contributed by atoms with Crippen LogP contribution in [0.15, 0.2) is 41.3 Å². The predicted octanol–water partition coefficient (Wildman–Crippen LogP) is 7.91. The van der Waals surface area contributed by atoms with Gasteiger partial charge in [0, 0.05) is 4.90 Å². The van der Waals surface area contributed by atoms with Gasteiger partial charge < -0.3 is 8.92 Å². The maximum absolute atomic E-state index is 14.4. The standard InChI is InChI=1S/C25H32F2O3S/c1-3-5-7-8-9-10-11-19-12-17-22(24(27)23(19)26)25(28)30-31-21-15-13-20(14-16-21)29-18-6-4-2/h12-17H,3-11,18H2,1-2H3. The van der Waals surface area contributed by atoms with Gasteiger partial charge in [-0.25, -0.2) is 13.6 Å². The van der Waals surface area contributed by atoms with E-state index in [2.05, 4.69) is 13.8 Å². The second kappa shape index (κ2) is 14.1. The van der Waals surface area contributed by atoms with Crippen LogP contribution in [-0.4, -0.2) is 12.6 Å². The van der Waals surface area contributed by atoms with Crippen molar-refractivity contribution in [1.82, 2.24) is 0 Å². The molecule has 170 valence electrons. The number of benzene rings is 2. The van der Waals surface area contributed by atoms with Crippen LogP contribution >= 0.6 is 12.0 Å². The molecule has 2 aromatic rings. The smallest absolute Gasteiger partial charge is 0.353 e. The largest absolute Gasteiger partial charge is 0.494 e. The van der Waals surface area contributed by atoms with Crippen molar-refractivity contribution in [2.45, 2.75) is 76.5 Å². The molecule has 0 unspecified atom stereocenters. The van der Waals surface area contributed by atoms with Gasteiger partial charge in [-0.1, -0.05) is 58.4 Å². The molecule has 6 heteroatoms. The number of rotatable bonds is 14. The van der Waals surface area contributed by atoms with Crippen molar-refractivity contribution < 1.29 is 22.5 Å². The second-order valence-electron chi connectivity index (χ2n) is 7.55. The van der Waals surface area contributed by atoms with E-state index in [9.17, 15) is 13.6 Å². The molecule has 31 heavy (non-hydrogen) atoms. The molecular formula is C25H32F2O3S. The van der Waals surface area contributed by atoms with Crippen LogP contribution in [0.4, 0.5) is 8.78 Å². The van der Waals surface area contributed by atoms with Gasteiger partial charge in [0.15, 0.2) is 11.6 Å². The Labute approximate surface area is 188 Å². The average molecular weight is 451 g/mol. The van der Waals surface area contributed by atoms with Crippen molar-refractivity contribution in [3.63, 3.8) is 0 Å². The first-order valence-electron chi connectivity index (χ1n) is 11.1. The monoisotopic (exact) mass is 450 g/mol. The number of carbonyl (C=O) groups excluding carboxylic acids is 1. The summed E-state index contributed by atoms with van der Waals surface area (Å²) in [6, 6.07) is 9.85. The Morgan fingerprint density at radius 2 is 1.52 bits per heavy atom. The summed E-state index contributed by atoms with van der Waals surface area (Å²) in [5.41, 5.74) is -0.0907. The van der Waals surface area contributed by atoms with Gasteiger partial charge in [0.25, 0.3) is 0 Å². The van der Waals surface area contributed by atoms with Crippen molar-refractivity contribution in [2.75, 3.05) is 6.61 Å². The molecule has 0 N–H and O–H groups in total. The number of aryl methyl sites for hydroxylation is 1. The van der Waals surface area contributed by atoms with Crippen molar-refractivity contribution in [3.05, 3.63) is 59.2 Å². The Morgan fingerprint density at radius 1 is 0.839 bits per heavy atom. The Bertz CT molecular complexity index is 809. The summed E-state index contributed by atoms with van der Waals surface area (Å²) in [6.45, 7) is 4.90. The number of hydrogen-bond acceptors (Lipinski definition) is 4. The van der Waals surface area contributed by atoms with E-state index in [1.54, 1.807) is 24.3 Å². The van der Waals surface area contributed by atoms with Crippen LogP contribution in [0.2, 0.25) is 0 Å². The summed E-state index contributed by atoms with van der Waals surface area (Å²) in [6.07, 6.45) is 8.95. The first kappa shape index (κ1) is 25.2. The zero-order valence-electron chi connectivity index (χ0n) is 18.4. The Morgan fingerprint density at radius 3 is 2.23 bits per heavy atom. The van der Waals surface area contributed by atoms with Crippen LogP contribution in [0, 0.1) is 11.6 Å². The highest BCUT2D eigenvalue weighted by molar-refractivity contribution is 7.95. The lowest BCUT2D eigenvalue weighted by Crippen LogP contribution is -2.07. The lowest BCUT2D eigenvalue weighted by molar-refractivity contribution is 0.0762. The molecule has 0 aliphatic carbocycles. The van der Waals surface area contributed by atoms with Gasteiger partial charge >= 0.3 is 5.97 Å². The van der Waals surface area contributed by atoms with Crippen LogP contribution in [0.5, 0.6) is 5.75 Å². The van der Waals surface area contributed by atoms with Crippen LogP contribution in [0.25, 0.3) is 0 Å². The number of unbranched alkanes of at least 4 members (excludes halogenated alkanes) is 6. The first-order chi connectivity index (χ1) is 15.1. The maximum Gasteiger partial charge on any atom is 0.353 e. The number of hydrogen-bond donors (Lipinski definition) is 0. The van der Waals surface area contributed by atoms with E-state index in [0.717, 1.165) is 49.9 Å². The molecule has 0 bridgehead atoms. The molecule has 0 atom stereocenters. The molecule has 0 aliphatic rings. The fraction of sp³-hybridized carbons (Fsp3) is 0.480. The van der Waals surface area contributed by atoms with Crippen molar-refractivity contribution in [1.29, 1.82) is 0 Å². The summed E-state index contributed by atoms with van der Waals surface area (Å²) in [4.78, 5) is 12.9. The van der Waals surface area contributed by atoms with E-state index in [4.69, 9.17) is 8.92 Å². The molecule has 0 fully saturated rings. The normalized spacial score (nSPS) is 10.8.